The molecule has 0 spiro atoms. The van der Waals surface area contributed by atoms with Crippen LogP contribution >= 0.6 is 0 Å². The Balaban J connectivity index is 1.81. The van der Waals surface area contributed by atoms with Crippen LogP contribution in [0.15, 0.2) is 48.0 Å². The highest BCUT2D eigenvalue weighted by Gasteiger charge is 2.47. The number of ketones is 1. The third-order valence-corrected chi connectivity index (χ3v) is 6.35. The summed E-state index contributed by atoms with van der Waals surface area (Å²) in [7, 11) is 1.53. The monoisotopic (exact) mass is 495 g/mol. The number of likely N-dealkylation sites (tertiary alicyclic amines) is 1. The van der Waals surface area contributed by atoms with Gasteiger partial charge in [0.05, 0.1) is 38.0 Å². The molecule has 1 amide bonds. The Morgan fingerprint density at radius 2 is 1.94 bits per heavy atom. The summed E-state index contributed by atoms with van der Waals surface area (Å²) in [5, 5.41) is 11.4. The van der Waals surface area contributed by atoms with Gasteiger partial charge in [0, 0.05) is 18.7 Å². The highest BCUT2D eigenvalue weighted by molar-refractivity contribution is 6.46. The SMILES string of the molecule is CCCOc1cccc(/C(O)=C2/C(=O)C(=O)N(CC3CCCO3)C2c2ccc(OCC)c(OC)c2)c1. The van der Waals surface area contributed by atoms with Gasteiger partial charge < -0.3 is 29.0 Å². The minimum atomic E-state index is -0.806. The predicted molar refractivity (Wildman–Crippen MR) is 134 cm³/mol. The van der Waals surface area contributed by atoms with E-state index < -0.39 is 17.7 Å². The topological polar surface area (TPSA) is 94.5 Å². The molecule has 8 nitrogen and oxygen atoms in total. The molecule has 2 aromatic carbocycles. The van der Waals surface area contributed by atoms with Crippen molar-refractivity contribution in [1.82, 2.24) is 4.90 Å². The Bertz CT molecular complexity index is 1140. The van der Waals surface area contributed by atoms with Gasteiger partial charge in [0.25, 0.3) is 11.7 Å². The fourth-order valence-corrected chi connectivity index (χ4v) is 4.66. The van der Waals surface area contributed by atoms with Gasteiger partial charge in [-0.25, -0.2) is 0 Å². The summed E-state index contributed by atoms with van der Waals surface area (Å²) < 4.78 is 22.6. The maximum Gasteiger partial charge on any atom is 0.295 e. The van der Waals surface area contributed by atoms with Crippen molar-refractivity contribution in [3.8, 4) is 17.2 Å². The van der Waals surface area contributed by atoms with Crippen LogP contribution in [0, 0.1) is 0 Å². The van der Waals surface area contributed by atoms with Crippen LogP contribution < -0.4 is 14.2 Å². The van der Waals surface area contributed by atoms with Crippen LogP contribution in [0.1, 0.15) is 50.3 Å². The summed E-state index contributed by atoms with van der Waals surface area (Å²) in [5.41, 5.74) is 1.06. The number of benzene rings is 2. The van der Waals surface area contributed by atoms with Gasteiger partial charge in [0.15, 0.2) is 11.5 Å². The average molecular weight is 496 g/mol. The molecule has 2 fully saturated rings. The molecule has 2 aliphatic heterocycles. The van der Waals surface area contributed by atoms with E-state index in [1.807, 2.05) is 13.8 Å². The lowest BCUT2D eigenvalue weighted by molar-refractivity contribution is -0.140. The van der Waals surface area contributed by atoms with Gasteiger partial charge in [-0.2, -0.15) is 0 Å². The molecule has 0 saturated carbocycles. The Morgan fingerprint density at radius 3 is 2.64 bits per heavy atom. The fraction of sp³-hybridized carbons (Fsp3) is 0.429. The van der Waals surface area contributed by atoms with Crippen LogP contribution in [0.4, 0.5) is 0 Å². The lowest BCUT2D eigenvalue weighted by atomic mass is 9.94. The number of amides is 1. The average Bonchev–Trinajstić information content (AvgIpc) is 3.50. The second kappa shape index (κ2) is 11.5. The zero-order valence-corrected chi connectivity index (χ0v) is 21.0. The second-order valence-electron chi connectivity index (χ2n) is 8.81. The largest absolute Gasteiger partial charge is 0.507 e. The van der Waals surface area contributed by atoms with Crippen molar-refractivity contribution < 1.29 is 33.6 Å². The van der Waals surface area contributed by atoms with Crippen LogP contribution in [0.3, 0.4) is 0 Å². The first-order valence-electron chi connectivity index (χ1n) is 12.4. The Kier molecular flexibility index (Phi) is 8.15. The molecule has 4 rings (SSSR count). The van der Waals surface area contributed by atoms with Crippen molar-refractivity contribution in [1.29, 1.82) is 0 Å². The zero-order valence-electron chi connectivity index (χ0n) is 21.0. The number of Topliss-reactive ketones (excluding diaryl/α,β-unsaturated/α-hetero) is 1. The van der Waals surface area contributed by atoms with E-state index in [2.05, 4.69) is 0 Å². The highest BCUT2D eigenvalue weighted by atomic mass is 16.5. The predicted octanol–water partition coefficient (Wildman–Crippen LogP) is 4.48. The molecule has 2 atom stereocenters. The van der Waals surface area contributed by atoms with E-state index >= 15 is 0 Å². The van der Waals surface area contributed by atoms with Gasteiger partial charge in [0.1, 0.15) is 11.5 Å². The first kappa shape index (κ1) is 25.6. The van der Waals surface area contributed by atoms with Crippen LogP contribution in [0.2, 0.25) is 0 Å². The molecule has 192 valence electrons. The molecule has 2 unspecified atom stereocenters. The fourth-order valence-electron chi connectivity index (χ4n) is 4.66. The van der Waals surface area contributed by atoms with E-state index in [0.29, 0.717) is 48.2 Å². The van der Waals surface area contributed by atoms with Gasteiger partial charge >= 0.3 is 0 Å². The van der Waals surface area contributed by atoms with E-state index in [1.54, 1.807) is 42.5 Å². The molecule has 1 N–H and O–H groups in total. The number of hydrogen-bond acceptors (Lipinski definition) is 7. The van der Waals surface area contributed by atoms with Gasteiger partial charge in [-0.1, -0.05) is 25.1 Å². The molecule has 2 saturated heterocycles. The van der Waals surface area contributed by atoms with Crippen molar-refractivity contribution in [3.05, 3.63) is 59.2 Å². The maximum absolute atomic E-state index is 13.3. The van der Waals surface area contributed by atoms with Crippen molar-refractivity contribution in [2.24, 2.45) is 0 Å². The molecule has 0 bridgehead atoms. The summed E-state index contributed by atoms with van der Waals surface area (Å²) in [5.74, 6) is -0.0316. The second-order valence-corrected chi connectivity index (χ2v) is 8.81. The van der Waals surface area contributed by atoms with E-state index in [0.717, 1.165) is 19.3 Å². The third-order valence-electron chi connectivity index (χ3n) is 6.35. The van der Waals surface area contributed by atoms with Crippen LogP contribution in [0.25, 0.3) is 5.76 Å². The van der Waals surface area contributed by atoms with Gasteiger partial charge in [-0.3, -0.25) is 9.59 Å². The number of nitrogens with zero attached hydrogens (tertiary/aromatic N) is 1. The number of carbonyl (C=O) groups excluding carboxylic acids is 2. The zero-order chi connectivity index (χ0) is 25.7. The molecule has 2 aromatic rings. The van der Waals surface area contributed by atoms with Crippen LogP contribution in [-0.4, -0.2) is 61.3 Å². The number of hydrogen-bond donors (Lipinski definition) is 1. The third kappa shape index (κ3) is 5.18. The standard InChI is InChI=1S/C28H33NO7/c1-4-13-35-20-9-6-8-19(15-20)26(30)24-25(18-11-12-22(34-5-2)23(16-18)33-3)29(28(32)27(24)31)17-21-10-7-14-36-21/h6,8-9,11-12,15-16,21,25,30H,4-5,7,10,13-14,17H2,1-3H3/b26-24-. The van der Waals surface area contributed by atoms with Gasteiger partial charge in [0.2, 0.25) is 0 Å². The molecule has 2 heterocycles. The molecule has 0 aliphatic carbocycles. The summed E-state index contributed by atoms with van der Waals surface area (Å²) in [4.78, 5) is 28.1. The number of aliphatic hydroxyl groups excluding tert-OH is 1. The number of carbonyl (C=O) groups is 2. The van der Waals surface area contributed by atoms with Gasteiger partial charge in [-0.05, 0) is 56.0 Å². The quantitative estimate of drug-likeness (QED) is 0.295. The van der Waals surface area contributed by atoms with E-state index in [-0.39, 0.29) is 24.0 Å². The van der Waals surface area contributed by atoms with Crippen molar-refractivity contribution in [3.63, 3.8) is 0 Å². The van der Waals surface area contributed by atoms with Crippen molar-refractivity contribution in [2.75, 3.05) is 33.5 Å². The molecular formula is C28H33NO7. The van der Waals surface area contributed by atoms with Crippen LogP contribution in [-0.2, 0) is 14.3 Å². The van der Waals surface area contributed by atoms with Crippen molar-refractivity contribution in [2.45, 2.75) is 45.3 Å². The van der Waals surface area contributed by atoms with E-state index in [9.17, 15) is 14.7 Å². The maximum atomic E-state index is 13.3. The minimum absolute atomic E-state index is 0.0249. The van der Waals surface area contributed by atoms with E-state index in [4.69, 9.17) is 18.9 Å². The lowest BCUT2D eigenvalue weighted by Gasteiger charge is -2.28. The molecule has 36 heavy (non-hydrogen) atoms. The van der Waals surface area contributed by atoms with Gasteiger partial charge in [-0.15, -0.1) is 0 Å². The smallest absolute Gasteiger partial charge is 0.295 e. The van der Waals surface area contributed by atoms with E-state index in [1.165, 1.54) is 12.0 Å². The summed E-state index contributed by atoms with van der Waals surface area (Å²) >= 11 is 0. The lowest BCUT2D eigenvalue weighted by Crippen LogP contribution is -2.36. The molecular weight excluding hydrogens is 462 g/mol. The number of methoxy groups -OCH3 is 1. The first-order chi connectivity index (χ1) is 17.5. The molecule has 2 aliphatic rings. The normalized spacial score (nSPS) is 21.1. The minimum Gasteiger partial charge on any atom is -0.507 e. The number of ether oxygens (including phenoxy) is 4. The number of aliphatic hydroxyl groups is 1. The summed E-state index contributed by atoms with van der Waals surface area (Å²) in [6, 6.07) is 11.4. The summed E-state index contributed by atoms with van der Waals surface area (Å²) in [6.45, 7) is 5.75. The Labute approximate surface area is 211 Å². The summed E-state index contributed by atoms with van der Waals surface area (Å²) in [6.07, 6.45) is 2.38. The molecule has 8 heteroatoms. The highest BCUT2D eigenvalue weighted by Crippen LogP contribution is 2.42. The van der Waals surface area contributed by atoms with Crippen molar-refractivity contribution >= 4 is 17.4 Å². The Hall–Kier alpha value is -3.52. The first-order valence-corrected chi connectivity index (χ1v) is 12.4. The van der Waals surface area contributed by atoms with Crippen LogP contribution in [0.5, 0.6) is 17.2 Å². The molecule has 0 radical (unpaired) electrons. The Morgan fingerprint density at radius 1 is 1.11 bits per heavy atom. The number of rotatable bonds is 10. The molecule has 0 aromatic heterocycles.